The van der Waals surface area contributed by atoms with E-state index < -0.39 is 5.72 Å². The van der Waals surface area contributed by atoms with Crippen LogP contribution in [0.4, 0.5) is 0 Å². The summed E-state index contributed by atoms with van der Waals surface area (Å²) >= 11 is 14.8. The molecule has 2 aliphatic heterocycles. The molecule has 1 aromatic rings. The maximum absolute atomic E-state index is 12.1. The van der Waals surface area contributed by atoms with Gasteiger partial charge in [-0.2, -0.15) is 0 Å². The highest BCUT2D eigenvalue weighted by molar-refractivity contribution is 9.10. The SMILES string of the molecule is CC(=O)C1C2NC(=S)NC1(C)Oc1c(Br)cc(Cl)cc12. The third-order valence-electron chi connectivity index (χ3n) is 3.70. The highest BCUT2D eigenvalue weighted by Gasteiger charge is 2.53. The molecule has 3 atom stereocenters. The lowest BCUT2D eigenvalue weighted by Gasteiger charge is -2.50. The van der Waals surface area contributed by atoms with Crippen molar-refractivity contribution in [3.8, 4) is 5.75 Å². The van der Waals surface area contributed by atoms with Crippen LogP contribution < -0.4 is 15.4 Å². The Labute approximate surface area is 135 Å². The Balaban J connectivity index is 2.23. The van der Waals surface area contributed by atoms with E-state index in [1.54, 1.807) is 13.0 Å². The number of ether oxygens (including phenoxy) is 1. The van der Waals surface area contributed by atoms with Gasteiger partial charge in [0.25, 0.3) is 0 Å². The second-order valence-corrected chi connectivity index (χ2v) is 6.88. The fourth-order valence-electron chi connectivity index (χ4n) is 2.98. The molecule has 0 aromatic heterocycles. The summed E-state index contributed by atoms with van der Waals surface area (Å²) in [5, 5.41) is 7.27. The summed E-state index contributed by atoms with van der Waals surface area (Å²) in [7, 11) is 0. The standard InChI is InChI=1S/C13H12BrClN2O2S/c1-5(18)9-10-7-3-6(15)4-8(14)11(7)19-13(9,2)17-12(20)16-10/h3-4,9-10H,1-2H3,(H2,16,17,20). The van der Waals surface area contributed by atoms with Crippen LogP contribution in [0.15, 0.2) is 16.6 Å². The van der Waals surface area contributed by atoms with E-state index in [-0.39, 0.29) is 17.7 Å². The quantitative estimate of drug-likeness (QED) is 0.739. The lowest BCUT2D eigenvalue weighted by Crippen LogP contribution is -2.69. The topological polar surface area (TPSA) is 50.4 Å². The Hall–Kier alpha value is -0.850. The number of ketones is 1. The van der Waals surface area contributed by atoms with E-state index in [1.165, 1.54) is 0 Å². The van der Waals surface area contributed by atoms with Crippen molar-refractivity contribution in [3.05, 3.63) is 27.2 Å². The van der Waals surface area contributed by atoms with Gasteiger partial charge in [-0.25, -0.2) is 0 Å². The van der Waals surface area contributed by atoms with Gasteiger partial charge in [0.1, 0.15) is 17.5 Å². The van der Waals surface area contributed by atoms with Gasteiger partial charge in [0, 0.05) is 10.6 Å². The number of carbonyl (C=O) groups is 1. The Kier molecular flexibility index (Phi) is 3.23. The second kappa shape index (κ2) is 4.58. The van der Waals surface area contributed by atoms with Crippen molar-refractivity contribution in [1.29, 1.82) is 0 Å². The zero-order valence-electron chi connectivity index (χ0n) is 10.8. The van der Waals surface area contributed by atoms with Gasteiger partial charge in [0.2, 0.25) is 0 Å². The van der Waals surface area contributed by atoms with Crippen LogP contribution >= 0.6 is 39.7 Å². The van der Waals surface area contributed by atoms with E-state index in [0.29, 0.717) is 15.9 Å². The molecule has 0 spiro atoms. The number of halogens is 2. The third kappa shape index (κ3) is 2.01. The molecule has 3 rings (SSSR count). The first-order valence-corrected chi connectivity index (χ1v) is 7.67. The van der Waals surface area contributed by atoms with Crippen LogP contribution in [-0.4, -0.2) is 16.6 Å². The van der Waals surface area contributed by atoms with Crippen molar-refractivity contribution < 1.29 is 9.53 Å². The number of rotatable bonds is 1. The first-order valence-electron chi connectivity index (χ1n) is 6.09. The van der Waals surface area contributed by atoms with E-state index in [2.05, 4.69) is 26.6 Å². The summed E-state index contributed by atoms with van der Waals surface area (Å²) in [6.07, 6.45) is 0. The predicted molar refractivity (Wildman–Crippen MR) is 84.0 cm³/mol. The first-order chi connectivity index (χ1) is 9.32. The average molecular weight is 376 g/mol. The first kappa shape index (κ1) is 14.1. The van der Waals surface area contributed by atoms with Crippen molar-refractivity contribution in [2.75, 3.05) is 0 Å². The summed E-state index contributed by atoms with van der Waals surface area (Å²) in [6, 6.07) is 3.33. The number of hydrogen-bond acceptors (Lipinski definition) is 3. The number of benzene rings is 1. The van der Waals surface area contributed by atoms with Gasteiger partial charge in [-0.3, -0.25) is 4.79 Å². The molecule has 0 aliphatic carbocycles. The summed E-state index contributed by atoms with van der Waals surface area (Å²) in [5.41, 5.74) is -0.0201. The third-order valence-corrected chi connectivity index (χ3v) is 4.73. The number of fused-ring (bicyclic) bond motifs is 4. The molecule has 2 N–H and O–H groups in total. The summed E-state index contributed by atoms with van der Waals surface area (Å²) in [5.74, 6) is 0.329. The van der Waals surface area contributed by atoms with Crippen molar-refractivity contribution in [2.24, 2.45) is 5.92 Å². The highest BCUT2D eigenvalue weighted by atomic mass is 79.9. The van der Waals surface area contributed by atoms with Crippen molar-refractivity contribution >= 4 is 50.6 Å². The molecule has 2 heterocycles. The van der Waals surface area contributed by atoms with E-state index >= 15 is 0 Å². The number of hydrogen-bond donors (Lipinski definition) is 2. The number of carbonyl (C=O) groups excluding carboxylic acids is 1. The van der Waals surface area contributed by atoms with Crippen LogP contribution in [0.25, 0.3) is 0 Å². The van der Waals surface area contributed by atoms with E-state index in [0.717, 1.165) is 10.0 Å². The molecule has 4 nitrogen and oxygen atoms in total. The molecule has 1 saturated heterocycles. The number of thiocarbonyl (C=S) groups is 1. The van der Waals surface area contributed by atoms with Crippen LogP contribution in [0.5, 0.6) is 5.75 Å². The summed E-state index contributed by atoms with van der Waals surface area (Å²) in [6.45, 7) is 3.39. The Morgan fingerprint density at radius 1 is 1.55 bits per heavy atom. The van der Waals surface area contributed by atoms with E-state index in [9.17, 15) is 4.79 Å². The normalized spacial score (nSPS) is 30.7. The van der Waals surface area contributed by atoms with Crippen molar-refractivity contribution in [3.63, 3.8) is 0 Å². The van der Waals surface area contributed by atoms with Gasteiger partial charge in [0.05, 0.1) is 10.5 Å². The Morgan fingerprint density at radius 2 is 2.25 bits per heavy atom. The van der Waals surface area contributed by atoms with Crippen LogP contribution in [0.2, 0.25) is 5.02 Å². The van der Waals surface area contributed by atoms with Crippen LogP contribution in [0.1, 0.15) is 25.5 Å². The second-order valence-electron chi connectivity index (χ2n) is 5.18. The smallest absolute Gasteiger partial charge is 0.191 e. The Bertz CT molecular complexity index is 639. The molecule has 0 amide bonds. The number of nitrogens with one attached hydrogen (secondary N) is 2. The highest BCUT2D eigenvalue weighted by Crippen LogP contribution is 2.48. The molecule has 0 radical (unpaired) electrons. The lowest BCUT2D eigenvalue weighted by molar-refractivity contribution is -0.133. The molecule has 0 saturated carbocycles. The molecule has 1 aromatic carbocycles. The minimum absolute atomic E-state index is 0.0294. The molecular formula is C13H12BrClN2O2S. The minimum atomic E-state index is -0.859. The Morgan fingerprint density at radius 3 is 2.90 bits per heavy atom. The molecule has 3 unspecified atom stereocenters. The van der Waals surface area contributed by atoms with Gasteiger partial charge in [-0.05, 0) is 54.1 Å². The molecule has 106 valence electrons. The van der Waals surface area contributed by atoms with E-state index in [1.807, 2.05) is 13.0 Å². The van der Waals surface area contributed by atoms with Gasteiger partial charge < -0.3 is 15.4 Å². The fourth-order valence-corrected chi connectivity index (χ4v) is 4.23. The molecular weight excluding hydrogens is 364 g/mol. The molecule has 2 bridgehead atoms. The van der Waals surface area contributed by atoms with Crippen molar-refractivity contribution in [2.45, 2.75) is 25.6 Å². The van der Waals surface area contributed by atoms with Gasteiger partial charge in [-0.15, -0.1) is 0 Å². The summed E-state index contributed by atoms with van der Waals surface area (Å²) < 4.78 is 6.81. The zero-order chi connectivity index (χ0) is 14.7. The zero-order valence-corrected chi connectivity index (χ0v) is 13.9. The monoisotopic (exact) mass is 374 g/mol. The molecule has 1 fully saturated rings. The van der Waals surface area contributed by atoms with Gasteiger partial charge in [-0.1, -0.05) is 11.6 Å². The molecule has 7 heteroatoms. The van der Waals surface area contributed by atoms with Crippen molar-refractivity contribution in [1.82, 2.24) is 10.6 Å². The van der Waals surface area contributed by atoms with Gasteiger partial charge >= 0.3 is 0 Å². The van der Waals surface area contributed by atoms with Crippen LogP contribution in [0.3, 0.4) is 0 Å². The largest absolute Gasteiger partial charge is 0.466 e. The summed E-state index contributed by atoms with van der Waals surface area (Å²) in [4.78, 5) is 12.1. The lowest BCUT2D eigenvalue weighted by atomic mass is 9.78. The van der Waals surface area contributed by atoms with Crippen LogP contribution in [-0.2, 0) is 4.79 Å². The van der Waals surface area contributed by atoms with E-state index in [4.69, 9.17) is 28.6 Å². The predicted octanol–water partition coefficient (Wildman–Crippen LogP) is 2.94. The molecule has 2 aliphatic rings. The maximum atomic E-state index is 12.1. The van der Waals surface area contributed by atoms with Gasteiger partial charge in [0.15, 0.2) is 10.8 Å². The molecule has 20 heavy (non-hydrogen) atoms. The fraction of sp³-hybridized carbons (Fsp3) is 0.385. The number of Topliss-reactive ketones (excluding diaryl/α,β-unsaturated/α-hetero) is 1. The van der Waals surface area contributed by atoms with Crippen LogP contribution in [0, 0.1) is 5.92 Å². The minimum Gasteiger partial charge on any atom is -0.466 e. The average Bonchev–Trinajstić information content (AvgIpc) is 2.29. The maximum Gasteiger partial charge on any atom is 0.191 e.